The molecule has 0 N–H and O–H groups in total. The van der Waals surface area contributed by atoms with Crippen molar-refractivity contribution in [2.45, 2.75) is 85.8 Å². The van der Waals surface area contributed by atoms with Crippen molar-refractivity contribution in [3.05, 3.63) is 43.4 Å². The minimum Gasteiger partial charge on any atom is -0.300 e. The Morgan fingerprint density at radius 3 is 2.57 bits per heavy atom. The van der Waals surface area contributed by atoms with Gasteiger partial charge in [0.1, 0.15) is 12.4 Å². The highest BCUT2D eigenvalue weighted by Crippen LogP contribution is 2.34. The zero-order valence-electron chi connectivity index (χ0n) is 17.0. The molecule has 0 amide bonds. The predicted molar refractivity (Wildman–Crippen MR) is 143 cm³/mol. The van der Waals surface area contributed by atoms with Crippen molar-refractivity contribution in [1.82, 2.24) is 0 Å². The Hall–Kier alpha value is -0.490. The van der Waals surface area contributed by atoms with Gasteiger partial charge in [-0.3, -0.25) is 0 Å². The number of hydrogen-bond acceptors (Lipinski definition) is 5. The van der Waals surface area contributed by atoms with Crippen LogP contribution in [0.25, 0.3) is 0 Å². The van der Waals surface area contributed by atoms with Gasteiger partial charge >= 0.3 is 0 Å². The lowest BCUT2D eigenvalue weighted by Gasteiger charge is -2.28. The molecule has 1 aliphatic heterocycles. The largest absolute Gasteiger partial charge is 0.300 e. The number of carbonyl (C=O) groups is 1. The van der Waals surface area contributed by atoms with Crippen LogP contribution < -0.4 is 0 Å². The molecule has 5 heteroatoms. The standard InChI is InChI=1S/C16H25O2S.C6H12OS.3CH4/c1-3-4-5-9-13-17-18-14-12-16(2)11-8-6-7-10-15-19-16;1-6(7)4-2-3-5-8;;;/h3-6,8-9H,1,7,10-15H2,2H3;8H,2-5H2,1H3;3*1H4/b4-3-,8-6-,9-5+;;;;. The zero-order chi connectivity index (χ0) is 20.2. The molecule has 0 saturated heterocycles. The van der Waals surface area contributed by atoms with E-state index in [1.54, 1.807) is 13.0 Å². The third-order valence-electron chi connectivity index (χ3n) is 3.96. The van der Waals surface area contributed by atoms with Crippen LogP contribution in [0.15, 0.2) is 36.5 Å². The first-order chi connectivity index (χ1) is 13.0. The van der Waals surface area contributed by atoms with E-state index < -0.39 is 0 Å². The summed E-state index contributed by atoms with van der Waals surface area (Å²) in [6.45, 7) is 8.66. The molecule has 1 unspecified atom stereocenters. The van der Waals surface area contributed by atoms with E-state index in [-0.39, 0.29) is 32.8 Å². The number of Topliss-reactive ketones (excluding diaryl/α,β-unsaturated/α-hetero) is 1. The van der Waals surface area contributed by atoms with Crippen LogP contribution in [-0.4, -0.2) is 35.2 Å². The second-order valence-electron chi connectivity index (χ2n) is 6.71. The lowest BCUT2D eigenvalue weighted by molar-refractivity contribution is -0.287. The lowest BCUT2D eigenvalue weighted by Crippen LogP contribution is -2.23. The van der Waals surface area contributed by atoms with Crippen LogP contribution in [0.1, 0.15) is 81.1 Å². The maximum absolute atomic E-state index is 10.3. The first-order valence-electron chi connectivity index (χ1n) is 9.78. The van der Waals surface area contributed by atoms with Gasteiger partial charge in [0.2, 0.25) is 0 Å². The molecule has 0 aliphatic carbocycles. The maximum Gasteiger partial charge on any atom is 0.129 e. The third-order valence-corrected chi connectivity index (χ3v) is 5.84. The van der Waals surface area contributed by atoms with Gasteiger partial charge in [0.05, 0.1) is 6.61 Å². The molecule has 179 valence electrons. The molecular formula is C25H49O3S2. The maximum atomic E-state index is 10.3. The second-order valence-corrected chi connectivity index (χ2v) is 8.84. The SMILES string of the molecule is C.C.C.CC(=O)CCCCS.[CH2]/C=C\C=C\COOCCC1(C)C/C=C\CCCS1. The number of unbranched alkanes of at least 4 members (excludes halogenated alkanes) is 1. The summed E-state index contributed by atoms with van der Waals surface area (Å²) in [4.78, 5) is 20.6. The average molecular weight is 462 g/mol. The highest BCUT2D eigenvalue weighted by atomic mass is 32.2. The number of rotatable bonds is 11. The third kappa shape index (κ3) is 25.5. The van der Waals surface area contributed by atoms with Gasteiger partial charge in [0.25, 0.3) is 0 Å². The smallest absolute Gasteiger partial charge is 0.129 e. The number of thioether (sulfide) groups is 1. The van der Waals surface area contributed by atoms with Crippen LogP contribution in [0.2, 0.25) is 0 Å². The number of carbonyl (C=O) groups excluding carboxylic acids is 1. The van der Waals surface area contributed by atoms with E-state index in [0.29, 0.717) is 13.2 Å². The molecule has 0 aromatic rings. The minimum atomic E-state index is 0. The van der Waals surface area contributed by atoms with Crippen LogP contribution in [0.4, 0.5) is 0 Å². The number of hydrogen-bond donors (Lipinski definition) is 1. The molecule has 1 rings (SSSR count). The average Bonchev–Trinajstić information content (AvgIpc) is 2.62. The molecule has 1 atom stereocenters. The Morgan fingerprint density at radius 2 is 1.93 bits per heavy atom. The molecular weight excluding hydrogens is 412 g/mol. The predicted octanol–water partition coefficient (Wildman–Crippen LogP) is 8.09. The van der Waals surface area contributed by atoms with Crippen LogP contribution >= 0.6 is 24.4 Å². The van der Waals surface area contributed by atoms with Crippen molar-refractivity contribution >= 4 is 30.2 Å². The van der Waals surface area contributed by atoms with Gasteiger partial charge in [0, 0.05) is 11.2 Å². The molecule has 0 aromatic heterocycles. The summed E-state index contributed by atoms with van der Waals surface area (Å²) >= 11 is 6.07. The number of allylic oxidation sites excluding steroid dienone is 5. The van der Waals surface area contributed by atoms with Gasteiger partial charge in [-0.25, -0.2) is 9.78 Å². The Bertz CT molecular complexity index is 448. The Morgan fingerprint density at radius 1 is 1.20 bits per heavy atom. The van der Waals surface area contributed by atoms with Crippen LogP contribution in [0, 0.1) is 6.92 Å². The van der Waals surface area contributed by atoms with Crippen LogP contribution in [0.3, 0.4) is 0 Å². The van der Waals surface area contributed by atoms with Crippen molar-refractivity contribution < 1.29 is 14.6 Å². The lowest BCUT2D eigenvalue weighted by atomic mass is 10.0. The monoisotopic (exact) mass is 461 g/mol. The molecule has 30 heavy (non-hydrogen) atoms. The fraction of sp³-hybridized carbons (Fsp3) is 0.680. The van der Waals surface area contributed by atoms with E-state index in [9.17, 15) is 4.79 Å². The second kappa shape index (κ2) is 26.5. The van der Waals surface area contributed by atoms with Crippen LogP contribution in [-0.2, 0) is 14.6 Å². The van der Waals surface area contributed by atoms with E-state index >= 15 is 0 Å². The van der Waals surface area contributed by atoms with Gasteiger partial charge in [-0.1, -0.05) is 65.7 Å². The molecule has 0 saturated carbocycles. The summed E-state index contributed by atoms with van der Waals surface area (Å²) < 4.78 is 0.284. The molecule has 0 bridgehead atoms. The van der Waals surface area contributed by atoms with E-state index in [1.165, 1.54) is 18.6 Å². The fourth-order valence-electron chi connectivity index (χ4n) is 2.31. The summed E-state index contributed by atoms with van der Waals surface area (Å²) in [5, 5.41) is 0. The summed E-state index contributed by atoms with van der Waals surface area (Å²) in [7, 11) is 0. The molecule has 1 heterocycles. The number of ketones is 1. The quantitative estimate of drug-likeness (QED) is 0.0842. The van der Waals surface area contributed by atoms with E-state index in [1.807, 2.05) is 18.2 Å². The van der Waals surface area contributed by atoms with Crippen molar-refractivity contribution in [3.63, 3.8) is 0 Å². The van der Waals surface area contributed by atoms with E-state index in [2.05, 4.69) is 50.4 Å². The molecule has 1 aliphatic rings. The highest BCUT2D eigenvalue weighted by molar-refractivity contribution is 8.00. The number of thiol groups is 1. The topological polar surface area (TPSA) is 35.5 Å². The Labute approximate surface area is 198 Å². The normalized spacial score (nSPS) is 19.3. The van der Waals surface area contributed by atoms with Gasteiger partial charge in [-0.05, 0) is 63.9 Å². The van der Waals surface area contributed by atoms with E-state index in [0.717, 1.165) is 37.9 Å². The van der Waals surface area contributed by atoms with Crippen molar-refractivity contribution in [2.75, 3.05) is 24.7 Å². The summed E-state index contributed by atoms with van der Waals surface area (Å²) in [6.07, 6.45) is 19.4. The van der Waals surface area contributed by atoms with Crippen molar-refractivity contribution in [2.24, 2.45) is 0 Å². The summed E-state index contributed by atoms with van der Waals surface area (Å²) in [5.41, 5.74) is 0. The van der Waals surface area contributed by atoms with Crippen molar-refractivity contribution in [3.8, 4) is 0 Å². The fourth-order valence-corrected chi connectivity index (χ4v) is 3.77. The summed E-state index contributed by atoms with van der Waals surface area (Å²) in [6, 6.07) is 0. The van der Waals surface area contributed by atoms with Crippen LogP contribution in [0.5, 0.6) is 0 Å². The van der Waals surface area contributed by atoms with Gasteiger partial charge in [0.15, 0.2) is 0 Å². The Kier molecular flexibility index (Phi) is 32.6. The molecule has 0 fully saturated rings. The first-order valence-corrected chi connectivity index (χ1v) is 11.4. The highest BCUT2D eigenvalue weighted by Gasteiger charge is 2.23. The summed E-state index contributed by atoms with van der Waals surface area (Å²) in [5.74, 6) is 2.42. The Balaban J connectivity index is -0.000000266. The first kappa shape index (κ1) is 36.9. The van der Waals surface area contributed by atoms with Gasteiger partial charge in [-0.2, -0.15) is 24.4 Å². The minimum absolute atomic E-state index is 0. The van der Waals surface area contributed by atoms with Gasteiger partial charge < -0.3 is 4.79 Å². The van der Waals surface area contributed by atoms with Gasteiger partial charge in [-0.15, -0.1) is 0 Å². The van der Waals surface area contributed by atoms with Crippen molar-refractivity contribution in [1.29, 1.82) is 0 Å². The molecule has 0 spiro atoms. The molecule has 3 nitrogen and oxygen atoms in total. The van der Waals surface area contributed by atoms with E-state index in [4.69, 9.17) is 9.78 Å². The molecule has 1 radical (unpaired) electrons. The zero-order valence-corrected chi connectivity index (χ0v) is 18.7. The molecule has 0 aromatic carbocycles.